The number of ether oxygens (including phenoxy) is 2. The summed E-state index contributed by atoms with van der Waals surface area (Å²) in [7, 11) is 1.61. The summed E-state index contributed by atoms with van der Waals surface area (Å²) < 4.78 is 10.4. The molecule has 1 amide bonds. The smallest absolute Gasteiger partial charge is 0.412 e. The molecule has 0 fully saturated rings. The lowest BCUT2D eigenvalue weighted by molar-refractivity contribution is 0.0636. The third-order valence-electron chi connectivity index (χ3n) is 2.57. The van der Waals surface area contributed by atoms with Gasteiger partial charge in [0.1, 0.15) is 11.7 Å². The molecule has 0 aliphatic carbocycles. The first kappa shape index (κ1) is 17.1. The Balaban J connectivity index is 2.96. The van der Waals surface area contributed by atoms with Crippen LogP contribution in [-0.2, 0) is 9.47 Å². The number of anilines is 1. The van der Waals surface area contributed by atoms with Crippen molar-refractivity contribution in [3.05, 3.63) is 29.3 Å². The highest BCUT2D eigenvalue weighted by Gasteiger charge is 2.17. The van der Waals surface area contributed by atoms with Crippen LogP contribution >= 0.6 is 0 Å². The van der Waals surface area contributed by atoms with Crippen molar-refractivity contribution in [3.63, 3.8) is 0 Å². The predicted octanol–water partition coefficient (Wildman–Crippen LogP) is 3.73. The van der Waals surface area contributed by atoms with Gasteiger partial charge in [-0.2, -0.15) is 0 Å². The molecule has 21 heavy (non-hydrogen) atoms. The summed E-state index contributed by atoms with van der Waals surface area (Å²) in [6.45, 7) is 9.31. The fourth-order valence-corrected chi connectivity index (χ4v) is 1.52. The van der Waals surface area contributed by atoms with Gasteiger partial charge in [-0.3, -0.25) is 5.32 Å². The Kier molecular flexibility index (Phi) is 5.80. The van der Waals surface area contributed by atoms with E-state index in [1.807, 2.05) is 52.8 Å². The van der Waals surface area contributed by atoms with E-state index < -0.39 is 11.7 Å². The molecule has 0 radical (unpaired) electrons. The maximum absolute atomic E-state index is 11.9. The molecule has 0 saturated carbocycles. The quantitative estimate of drug-likeness (QED) is 0.844. The summed E-state index contributed by atoms with van der Waals surface area (Å²) in [5, 5.41) is 2.73. The Morgan fingerprint density at radius 2 is 2.00 bits per heavy atom. The number of hydrogen-bond donors (Lipinski definition) is 1. The SMILES string of the molecule is COC(C)C#Cc1cc(C)ccc1NC(=O)OC(C)(C)C. The third-order valence-corrected chi connectivity index (χ3v) is 2.57. The Hall–Kier alpha value is -1.99. The number of benzene rings is 1. The topological polar surface area (TPSA) is 47.6 Å². The summed E-state index contributed by atoms with van der Waals surface area (Å²) in [4.78, 5) is 11.9. The largest absolute Gasteiger partial charge is 0.444 e. The number of amides is 1. The average Bonchev–Trinajstić information content (AvgIpc) is 2.36. The van der Waals surface area contributed by atoms with Crippen molar-refractivity contribution < 1.29 is 14.3 Å². The van der Waals surface area contributed by atoms with E-state index in [0.717, 1.165) is 11.1 Å². The van der Waals surface area contributed by atoms with E-state index in [2.05, 4.69) is 17.2 Å². The van der Waals surface area contributed by atoms with Crippen LogP contribution in [0.4, 0.5) is 10.5 Å². The molecule has 114 valence electrons. The molecular formula is C17H23NO3. The molecule has 1 atom stereocenters. The van der Waals surface area contributed by atoms with Gasteiger partial charge in [0.2, 0.25) is 0 Å². The third kappa shape index (κ3) is 6.33. The lowest BCUT2D eigenvalue weighted by Gasteiger charge is -2.20. The first-order chi connectivity index (χ1) is 9.71. The Bertz CT molecular complexity index is 562. The van der Waals surface area contributed by atoms with E-state index in [1.165, 1.54) is 0 Å². The van der Waals surface area contributed by atoms with Crippen LogP contribution in [-0.4, -0.2) is 24.9 Å². The van der Waals surface area contributed by atoms with Crippen molar-refractivity contribution in [2.24, 2.45) is 0 Å². The summed E-state index contributed by atoms with van der Waals surface area (Å²) in [6, 6.07) is 5.65. The summed E-state index contributed by atoms with van der Waals surface area (Å²) >= 11 is 0. The van der Waals surface area contributed by atoms with Crippen LogP contribution in [0.1, 0.15) is 38.8 Å². The lowest BCUT2D eigenvalue weighted by atomic mass is 10.1. The number of aryl methyl sites for hydroxylation is 1. The zero-order chi connectivity index (χ0) is 16.0. The monoisotopic (exact) mass is 289 g/mol. The number of hydrogen-bond acceptors (Lipinski definition) is 3. The fraction of sp³-hybridized carbons (Fsp3) is 0.471. The van der Waals surface area contributed by atoms with Gasteiger partial charge >= 0.3 is 6.09 Å². The first-order valence-electron chi connectivity index (χ1n) is 6.86. The van der Waals surface area contributed by atoms with Crippen LogP contribution < -0.4 is 5.32 Å². The van der Waals surface area contributed by atoms with Gasteiger partial charge < -0.3 is 9.47 Å². The predicted molar refractivity (Wildman–Crippen MR) is 84.4 cm³/mol. The minimum atomic E-state index is -0.537. The van der Waals surface area contributed by atoms with Crippen molar-refractivity contribution in [2.75, 3.05) is 12.4 Å². The van der Waals surface area contributed by atoms with Gasteiger partial charge in [0.05, 0.1) is 5.69 Å². The van der Waals surface area contributed by atoms with Gasteiger partial charge in [0, 0.05) is 12.7 Å². The molecular weight excluding hydrogens is 266 g/mol. The zero-order valence-electron chi connectivity index (χ0n) is 13.5. The summed E-state index contributed by atoms with van der Waals surface area (Å²) in [6.07, 6.45) is -0.658. The van der Waals surface area contributed by atoms with Crippen molar-refractivity contribution in [3.8, 4) is 11.8 Å². The molecule has 1 aromatic carbocycles. The van der Waals surface area contributed by atoms with Gasteiger partial charge in [-0.15, -0.1) is 0 Å². The molecule has 4 nitrogen and oxygen atoms in total. The number of nitrogens with one attached hydrogen (secondary N) is 1. The molecule has 0 aliphatic rings. The lowest BCUT2D eigenvalue weighted by Crippen LogP contribution is -2.27. The van der Waals surface area contributed by atoms with Crippen LogP contribution in [0.3, 0.4) is 0 Å². The Morgan fingerprint density at radius 1 is 1.33 bits per heavy atom. The molecule has 0 saturated heterocycles. The second-order valence-electron chi connectivity index (χ2n) is 5.82. The van der Waals surface area contributed by atoms with Gasteiger partial charge in [-0.25, -0.2) is 4.79 Å². The molecule has 1 rings (SSSR count). The molecule has 0 aromatic heterocycles. The van der Waals surface area contributed by atoms with Crippen molar-refractivity contribution in [1.29, 1.82) is 0 Å². The highest BCUT2D eigenvalue weighted by molar-refractivity contribution is 5.87. The Morgan fingerprint density at radius 3 is 2.57 bits per heavy atom. The maximum atomic E-state index is 11.9. The summed E-state index contributed by atoms with van der Waals surface area (Å²) in [5.74, 6) is 6.00. The van der Waals surface area contributed by atoms with E-state index in [-0.39, 0.29) is 6.10 Å². The van der Waals surface area contributed by atoms with Crippen LogP contribution in [0.15, 0.2) is 18.2 Å². The number of carbonyl (C=O) groups is 1. The normalized spacial score (nSPS) is 12.1. The van der Waals surface area contributed by atoms with Crippen LogP contribution in [0.5, 0.6) is 0 Å². The van der Waals surface area contributed by atoms with E-state index in [0.29, 0.717) is 5.69 Å². The first-order valence-corrected chi connectivity index (χ1v) is 6.86. The van der Waals surface area contributed by atoms with E-state index in [1.54, 1.807) is 7.11 Å². The second-order valence-corrected chi connectivity index (χ2v) is 5.82. The highest BCUT2D eigenvalue weighted by Crippen LogP contribution is 2.18. The van der Waals surface area contributed by atoms with E-state index >= 15 is 0 Å². The average molecular weight is 289 g/mol. The molecule has 4 heteroatoms. The van der Waals surface area contributed by atoms with Gasteiger partial charge in [-0.05, 0) is 52.3 Å². The van der Waals surface area contributed by atoms with Crippen LogP contribution in [0, 0.1) is 18.8 Å². The van der Waals surface area contributed by atoms with Crippen LogP contribution in [0.25, 0.3) is 0 Å². The van der Waals surface area contributed by atoms with Gasteiger partial charge in [0.25, 0.3) is 0 Å². The van der Waals surface area contributed by atoms with E-state index in [4.69, 9.17) is 9.47 Å². The number of carbonyl (C=O) groups excluding carboxylic acids is 1. The molecule has 0 heterocycles. The molecule has 1 N–H and O–H groups in total. The minimum Gasteiger partial charge on any atom is -0.444 e. The second kappa shape index (κ2) is 7.14. The molecule has 1 unspecified atom stereocenters. The van der Waals surface area contributed by atoms with Crippen molar-refractivity contribution in [1.82, 2.24) is 0 Å². The van der Waals surface area contributed by atoms with E-state index in [9.17, 15) is 4.79 Å². The standard InChI is InChI=1S/C17H23NO3/c1-12-7-10-15(18-16(19)21-17(3,4)5)14(11-12)9-8-13(2)20-6/h7,10-11,13H,1-6H3,(H,18,19). The molecule has 0 spiro atoms. The van der Waals surface area contributed by atoms with Crippen molar-refractivity contribution in [2.45, 2.75) is 46.3 Å². The van der Waals surface area contributed by atoms with Gasteiger partial charge in [-0.1, -0.05) is 17.9 Å². The number of rotatable bonds is 2. The Labute approximate surface area is 126 Å². The molecule has 1 aromatic rings. The highest BCUT2D eigenvalue weighted by atomic mass is 16.6. The summed E-state index contributed by atoms with van der Waals surface area (Å²) in [5.41, 5.74) is 1.90. The maximum Gasteiger partial charge on any atom is 0.412 e. The number of methoxy groups -OCH3 is 1. The zero-order valence-corrected chi connectivity index (χ0v) is 13.5. The fourth-order valence-electron chi connectivity index (χ4n) is 1.52. The molecule has 0 aliphatic heterocycles. The van der Waals surface area contributed by atoms with Crippen LogP contribution in [0.2, 0.25) is 0 Å². The van der Waals surface area contributed by atoms with Gasteiger partial charge in [0.15, 0.2) is 0 Å². The molecule has 0 bridgehead atoms. The minimum absolute atomic E-state index is 0.167. The van der Waals surface area contributed by atoms with Crippen molar-refractivity contribution >= 4 is 11.8 Å².